The molecule has 0 spiro atoms. The first-order valence-corrected chi connectivity index (χ1v) is 5.28. The number of aromatic nitrogens is 2. The highest BCUT2D eigenvalue weighted by Gasteiger charge is 2.31. The number of rotatable bonds is 4. The molecule has 0 aliphatic carbocycles. The molecule has 0 saturated carbocycles. The first-order valence-electron chi connectivity index (χ1n) is 5.28. The Morgan fingerprint density at radius 3 is 3.00 bits per heavy atom. The normalized spacial score (nSPS) is 18.1. The Balaban J connectivity index is 1.84. The van der Waals surface area contributed by atoms with Crippen LogP contribution < -0.4 is 5.32 Å². The van der Waals surface area contributed by atoms with Gasteiger partial charge in [-0.2, -0.15) is 0 Å². The van der Waals surface area contributed by atoms with Gasteiger partial charge >= 0.3 is 5.97 Å². The molecule has 0 aromatic carbocycles. The Morgan fingerprint density at radius 2 is 2.44 bits per heavy atom. The van der Waals surface area contributed by atoms with Gasteiger partial charge in [-0.05, 0) is 0 Å². The number of hydrogen-bond acceptors (Lipinski definition) is 5. The lowest BCUT2D eigenvalue weighted by atomic mass is 10.2. The van der Waals surface area contributed by atoms with Crippen LogP contribution in [0, 0.1) is 0 Å². The summed E-state index contributed by atoms with van der Waals surface area (Å²) in [5.74, 6) is -0.881. The van der Waals surface area contributed by atoms with Crippen LogP contribution in [0.5, 0.6) is 0 Å². The molecule has 0 fully saturated rings. The second-order valence-electron chi connectivity index (χ2n) is 3.81. The van der Waals surface area contributed by atoms with Gasteiger partial charge in [-0.3, -0.25) is 4.79 Å². The molecule has 1 atom stereocenters. The summed E-state index contributed by atoms with van der Waals surface area (Å²) in [7, 11) is 1.81. The predicted octanol–water partition coefficient (Wildman–Crippen LogP) is -0.734. The number of nitrogens with one attached hydrogen (secondary N) is 1. The summed E-state index contributed by atoms with van der Waals surface area (Å²) in [6, 6.07) is 0. The maximum atomic E-state index is 11.7. The molecule has 8 nitrogen and oxygen atoms in total. The van der Waals surface area contributed by atoms with E-state index >= 15 is 0 Å². The average Bonchev–Trinajstić information content (AvgIpc) is 2.94. The third-order valence-electron chi connectivity index (χ3n) is 2.55. The molecule has 18 heavy (non-hydrogen) atoms. The molecule has 1 aromatic rings. The van der Waals surface area contributed by atoms with Gasteiger partial charge in [-0.25, -0.2) is 9.78 Å². The molecule has 1 unspecified atom stereocenters. The van der Waals surface area contributed by atoms with E-state index in [4.69, 9.17) is 9.94 Å². The number of carbonyl (C=O) groups is 2. The molecule has 8 heteroatoms. The van der Waals surface area contributed by atoms with Gasteiger partial charge in [0.25, 0.3) is 5.91 Å². The van der Waals surface area contributed by atoms with Gasteiger partial charge < -0.3 is 19.8 Å². The highest BCUT2D eigenvalue weighted by Crippen LogP contribution is 2.10. The molecule has 2 N–H and O–H groups in total. The highest BCUT2D eigenvalue weighted by molar-refractivity contribution is 6.36. The van der Waals surface area contributed by atoms with E-state index in [1.165, 1.54) is 0 Å². The van der Waals surface area contributed by atoms with E-state index in [1.807, 2.05) is 7.05 Å². The molecule has 1 aliphatic heterocycles. The van der Waals surface area contributed by atoms with Crippen molar-refractivity contribution in [1.82, 2.24) is 14.9 Å². The molecule has 2 rings (SSSR count). The third-order valence-corrected chi connectivity index (χ3v) is 2.55. The van der Waals surface area contributed by atoms with Crippen LogP contribution in [-0.2, 0) is 28.0 Å². The topological polar surface area (TPSA) is 106 Å². The molecule has 96 valence electrons. The largest absolute Gasteiger partial charge is 0.477 e. The van der Waals surface area contributed by atoms with Crippen LogP contribution in [-0.4, -0.2) is 38.3 Å². The van der Waals surface area contributed by atoms with Crippen molar-refractivity contribution in [2.75, 3.05) is 0 Å². The fraction of sp³-hybridized carbons (Fsp3) is 0.400. The minimum Gasteiger partial charge on any atom is -0.477 e. The van der Waals surface area contributed by atoms with Crippen LogP contribution in [0.4, 0.5) is 0 Å². The molecule has 1 aromatic heterocycles. The van der Waals surface area contributed by atoms with Gasteiger partial charge in [0.15, 0.2) is 5.71 Å². The maximum Gasteiger partial charge on any atom is 0.353 e. The van der Waals surface area contributed by atoms with E-state index in [1.54, 1.807) is 17.0 Å². The predicted molar refractivity (Wildman–Crippen MR) is 59.6 cm³/mol. The molecule has 0 bridgehead atoms. The van der Waals surface area contributed by atoms with E-state index < -0.39 is 18.0 Å². The minimum absolute atomic E-state index is 0.0261. The van der Waals surface area contributed by atoms with Gasteiger partial charge in [0.1, 0.15) is 5.82 Å². The summed E-state index contributed by atoms with van der Waals surface area (Å²) >= 11 is 0. The minimum atomic E-state index is -1.17. The molecule has 2 heterocycles. The third kappa shape index (κ3) is 2.47. The SMILES string of the molecule is Cn1ccnc1CNC(=O)C1CC(C(=O)O)=NO1. The highest BCUT2D eigenvalue weighted by atomic mass is 16.6. The monoisotopic (exact) mass is 252 g/mol. The van der Waals surface area contributed by atoms with Crippen molar-refractivity contribution in [3.05, 3.63) is 18.2 Å². The van der Waals surface area contributed by atoms with Gasteiger partial charge in [-0.15, -0.1) is 0 Å². The Morgan fingerprint density at radius 1 is 1.67 bits per heavy atom. The van der Waals surface area contributed by atoms with Crippen molar-refractivity contribution in [1.29, 1.82) is 0 Å². The molecular weight excluding hydrogens is 240 g/mol. The van der Waals surface area contributed by atoms with Crippen molar-refractivity contribution in [3.8, 4) is 0 Å². The summed E-state index contributed by atoms with van der Waals surface area (Å²) in [4.78, 5) is 31.1. The van der Waals surface area contributed by atoms with E-state index in [-0.39, 0.29) is 18.7 Å². The van der Waals surface area contributed by atoms with E-state index in [0.717, 1.165) is 0 Å². The van der Waals surface area contributed by atoms with E-state index in [2.05, 4.69) is 15.5 Å². The Kier molecular flexibility index (Phi) is 3.26. The second kappa shape index (κ2) is 4.86. The smallest absolute Gasteiger partial charge is 0.353 e. The van der Waals surface area contributed by atoms with Crippen LogP contribution in [0.2, 0.25) is 0 Å². The van der Waals surface area contributed by atoms with Crippen LogP contribution in [0.1, 0.15) is 12.2 Å². The maximum absolute atomic E-state index is 11.7. The lowest BCUT2D eigenvalue weighted by molar-refractivity contribution is -0.131. The number of amides is 1. The summed E-state index contributed by atoms with van der Waals surface area (Å²) in [5.41, 5.74) is -0.146. The van der Waals surface area contributed by atoms with Crippen LogP contribution in [0.15, 0.2) is 17.5 Å². The van der Waals surface area contributed by atoms with E-state index in [9.17, 15) is 9.59 Å². The van der Waals surface area contributed by atoms with Crippen LogP contribution in [0.25, 0.3) is 0 Å². The fourth-order valence-corrected chi connectivity index (χ4v) is 1.49. The number of imidazole rings is 1. The second-order valence-corrected chi connectivity index (χ2v) is 3.81. The van der Waals surface area contributed by atoms with Crippen molar-refractivity contribution in [2.24, 2.45) is 12.2 Å². The summed E-state index contributed by atoms with van der Waals surface area (Å²) < 4.78 is 1.77. The Labute approximate surface area is 102 Å². The Bertz CT molecular complexity index is 508. The lowest BCUT2D eigenvalue weighted by Gasteiger charge is -2.09. The lowest BCUT2D eigenvalue weighted by Crippen LogP contribution is -2.35. The number of aryl methyl sites for hydroxylation is 1. The number of carbonyl (C=O) groups excluding carboxylic acids is 1. The zero-order valence-corrected chi connectivity index (χ0v) is 9.66. The van der Waals surface area contributed by atoms with Crippen LogP contribution in [0.3, 0.4) is 0 Å². The molecular formula is C10H12N4O4. The summed E-state index contributed by atoms with van der Waals surface area (Å²) in [6.45, 7) is 0.255. The van der Waals surface area contributed by atoms with Crippen molar-refractivity contribution in [3.63, 3.8) is 0 Å². The number of nitrogens with zero attached hydrogens (tertiary/aromatic N) is 3. The number of carboxylic acid groups (broad SMARTS) is 1. The molecule has 0 saturated heterocycles. The Hall–Kier alpha value is -2.38. The molecule has 1 amide bonds. The quantitative estimate of drug-likeness (QED) is 0.734. The number of aliphatic carboxylic acids is 1. The summed E-state index contributed by atoms with van der Waals surface area (Å²) in [5, 5.41) is 14.6. The van der Waals surface area contributed by atoms with Gasteiger partial charge in [0.2, 0.25) is 6.10 Å². The van der Waals surface area contributed by atoms with Crippen molar-refractivity contribution < 1.29 is 19.5 Å². The number of hydrogen-bond donors (Lipinski definition) is 2. The summed E-state index contributed by atoms with van der Waals surface area (Å²) in [6.07, 6.45) is 2.48. The number of oxime groups is 1. The van der Waals surface area contributed by atoms with Gasteiger partial charge in [0.05, 0.1) is 6.54 Å². The van der Waals surface area contributed by atoms with Crippen molar-refractivity contribution in [2.45, 2.75) is 19.1 Å². The fourth-order valence-electron chi connectivity index (χ4n) is 1.49. The first-order chi connectivity index (χ1) is 8.58. The zero-order chi connectivity index (χ0) is 13.1. The van der Waals surface area contributed by atoms with Crippen LogP contribution >= 0.6 is 0 Å². The number of carboxylic acids is 1. The zero-order valence-electron chi connectivity index (χ0n) is 9.66. The standard InChI is InChI=1S/C10H12N4O4/c1-14-3-2-11-8(14)5-12-9(15)7-4-6(10(16)17)13-18-7/h2-3,7H,4-5H2,1H3,(H,12,15)(H,16,17). The van der Waals surface area contributed by atoms with Gasteiger partial charge in [0, 0.05) is 25.9 Å². The first kappa shape index (κ1) is 12.1. The average molecular weight is 252 g/mol. The van der Waals surface area contributed by atoms with Crippen molar-refractivity contribution >= 4 is 17.6 Å². The molecule has 0 radical (unpaired) electrons. The van der Waals surface area contributed by atoms with Gasteiger partial charge in [-0.1, -0.05) is 5.16 Å². The van der Waals surface area contributed by atoms with E-state index in [0.29, 0.717) is 5.82 Å². The molecule has 1 aliphatic rings.